The third-order valence-corrected chi connectivity index (χ3v) is 3.83. The van der Waals surface area contributed by atoms with Crippen LogP contribution in [0.5, 0.6) is 0 Å². The second-order valence-electron chi connectivity index (χ2n) is 3.86. The van der Waals surface area contributed by atoms with Gasteiger partial charge in [0.25, 0.3) is 0 Å². The van der Waals surface area contributed by atoms with Crippen LogP contribution in [0.25, 0.3) is 0 Å². The molecule has 4 heteroatoms. The van der Waals surface area contributed by atoms with Crippen molar-refractivity contribution < 1.29 is 0 Å². The van der Waals surface area contributed by atoms with Gasteiger partial charge in [-0.3, -0.25) is 0 Å². The summed E-state index contributed by atoms with van der Waals surface area (Å²) < 4.78 is 0. The van der Waals surface area contributed by atoms with Crippen molar-refractivity contribution in [1.29, 1.82) is 0 Å². The van der Waals surface area contributed by atoms with Gasteiger partial charge in [0.15, 0.2) is 0 Å². The van der Waals surface area contributed by atoms with E-state index in [0.717, 1.165) is 5.56 Å². The van der Waals surface area contributed by atoms with Crippen LogP contribution in [-0.4, -0.2) is 0 Å². The van der Waals surface area contributed by atoms with Crippen molar-refractivity contribution in [3.8, 4) is 0 Å². The average molecular weight is 267 g/mol. The largest absolute Gasteiger partial charge is 0.324 e. The van der Waals surface area contributed by atoms with Crippen LogP contribution in [0.2, 0.25) is 10.0 Å². The Labute approximate surface area is 106 Å². The van der Waals surface area contributed by atoms with Gasteiger partial charge in [-0.2, -0.15) is 0 Å². The van der Waals surface area contributed by atoms with E-state index in [9.17, 15) is 0 Å². The molecule has 0 saturated heterocycles. The minimum atomic E-state index is 0. The van der Waals surface area contributed by atoms with E-state index in [4.69, 9.17) is 28.9 Å². The van der Waals surface area contributed by atoms with Gasteiger partial charge in [-0.1, -0.05) is 41.8 Å². The van der Waals surface area contributed by atoms with Crippen molar-refractivity contribution >= 4 is 35.6 Å². The lowest BCUT2D eigenvalue weighted by Crippen LogP contribution is -2.27. The molecule has 2 N–H and O–H groups in total. The summed E-state index contributed by atoms with van der Waals surface area (Å²) in [5, 5.41) is 1.22. The van der Waals surface area contributed by atoms with E-state index >= 15 is 0 Å². The maximum Gasteiger partial charge on any atom is 0.0640 e. The quantitative estimate of drug-likeness (QED) is 0.852. The van der Waals surface area contributed by atoms with Gasteiger partial charge >= 0.3 is 0 Å². The number of hydrogen-bond acceptors (Lipinski definition) is 1. The highest BCUT2D eigenvalue weighted by atomic mass is 35.5. The van der Waals surface area contributed by atoms with Crippen molar-refractivity contribution in [3.05, 3.63) is 33.8 Å². The molecule has 1 aromatic carbocycles. The summed E-state index contributed by atoms with van der Waals surface area (Å²) in [7, 11) is 0. The zero-order chi connectivity index (χ0) is 10.1. The molecule has 1 nitrogen and oxygen atoms in total. The molecular weight excluding hydrogens is 252 g/mol. The fraction of sp³-hybridized carbons (Fsp3) is 0.455. The van der Waals surface area contributed by atoms with Gasteiger partial charge in [-0.15, -0.1) is 12.4 Å². The minimum absolute atomic E-state index is 0. The first-order chi connectivity index (χ1) is 6.70. The molecule has 1 saturated carbocycles. The van der Waals surface area contributed by atoms with E-state index in [0.29, 0.717) is 16.0 Å². The molecule has 0 bridgehead atoms. The van der Waals surface area contributed by atoms with E-state index in [1.807, 2.05) is 12.1 Å². The van der Waals surface area contributed by atoms with Gasteiger partial charge in [0.2, 0.25) is 0 Å². The summed E-state index contributed by atoms with van der Waals surface area (Å²) in [4.78, 5) is 0. The molecule has 1 aliphatic rings. The molecule has 0 unspecified atom stereocenters. The Morgan fingerprint density at radius 3 is 2.47 bits per heavy atom. The molecule has 0 aliphatic heterocycles. The summed E-state index contributed by atoms with van der Waals surface area (Å²) >= 11 is 12.0. The second-order valence-corrected chi connectivity index (χ2v) is 4.64. The first kappa shape index (κ1) is 13.1. The first-order valence-electron chi connectivity index (χ1n) is 4.89. The van der Waals surface area contributed by atoms with Crippen LogP contribution in [0.3, 0.4) is 0 Å². The van der Waals surface area contributed by atoms with Crippen LogP contribution in [0.1, 0.15) is 30.9 Å². The van der Waals surface area contributed by atoms with Crippen LogP contribution >= 0.6 is 35.6 Å². The molecule has 1 aliphatic carbocycles. The Hall–Kier alpha value is 0.0500. The predicted octanol–water partition coefficient (Wildman–Crippen LogP) is 4.22. The Morgan fingerprint density at radius 2 is 1.93 bits per heavy atom. The molecular formula is C11H14Cl3N. The fourth-order valence-electron chi connectivity index (χ4n) is 1.83. The molecule has 1 fully saturated rings. The molecule has 0 heterocycles. The Bertz CT molecular complexity index is 337. The normalized spacial score (nSPS) is 17.8. The lowest BCUT2D eigenvalue weighted by molar-refractivity contribution is 0.264. The molecule has 1 aromatic rings. The van der Waals surface area contributed by atoms with Crippen LogP contribution in [-0.2, 0) is 0 Å². The average Bonchev–Trinajstić information content (AvgIpc) is 2.06. The van der Waals surface area contributed by atoms with Crippen molar-refractivity contribution in [2.75, 3.05) is 0 Å². The molecule has 2 rings (SSSR count). The minimum Gasteiger partial charge on any atom is -0.324 e. The highest BCUT2D eigenvalue weighted by molar-refractivity contribution is 6.42. The van der Waals surface area contributed by atoms with E-state index in [-0.39, 0.29) is 18.4 Å². The summed E-state index contributed by atoms with van der Waals surface area (Å²) in [6.07, 6.45) is 3.71. The van der Waals surface area contributed by atoms with Gasteiger partial charge in [-0.25, -0.2) is 0 Å². The number of rotatable bonds is 2. The summed E-state index contributed by atoms with van der Waals surface area (Å²) in [6, 6.07) is 5.72. The zero-order valence-corrected chi connectivity index (χ0v) is 10.6. The van der Waals surface area contributed by atoms with Gasteiger partial charge < -0.3 is 5.73 Å². The first-order valence-corrected chi connectivity index (χ1v) is 5.65. The maximum absolute atomic E-state index is 6.13. The van der Waals surface area contributed by atoms with Gasteiger partial charge in [0.1, 0.15) is 0 Å². The van der Waals surface area contributed by atoms with Gasteiger partial charge in [0.05, 0.1) is 10.0 Å². The van der Waals surface area contributed by atoms with Crippen molar-refractivity contribution in [2.24, 2.45) is 11.7 Å². The molecule has 1 atom stereocenters. The summed E-state index contributed by atoms with van der Waals surface area (Å²) in [6.45, 7) is 0. The molecule has 84 valence electrons. The molecule has 0 radical (unpaired) electrons. The smallest absolute Gasteiger partial charge is 0.0640 e. The lowest BCUT2D eigenvalue weighted by Gasteiger charge is -2.32. The molecule has 0 aromatic heterocycles. The number of hydrogen-bond donors (Lipinski definition) is 1. The molecule has 0 spiro atoms. The van der Waals surface area contributed by atoms with Crippen LogP contribution in [0.15, 0.2) is 18.2 Å². The highest BCUT2D eigenvalue weighted by Gasteiger charge is 2.27. The fourth-order valence-corrected chi connectivity index (χ4v) is 2.26. The van der Waals surface area contributed by atoms with Crippen LogP contribution < -0.4 is 5.73 Å². The highest BCUT2D eigenvalue weighted by Crippen LogP contribution is 2.39. The van der Waals surface area contributed by atoms with E-state index in [2.05, 4.69) is 0 Å². The number of nitrogens with two attached hydrogens (primary N) is 1. The molecule has 0 amide bonds. The standard InChI is InChI=1S/C11H13Cl2N.ClH/c12-9-6-2-5-8(10(9)13)11(14)7-3-1-4-7;/h2,5-7,11H,1,3-4,14H2;1H/t11-;/m1./s1. The molecule has 15 heavy (non-hydrogen) atoms. The monoisotopic (exact) mass is 265 g/mol. The van der Waals surface area contributed by atoms with Crippen molar-refractivity contribution in [3.63, 3.8) is 0 Å². The zero-order valence-electron chi connectivity index (χ0n) is 8.25. The van der Waals surface area contributed by atoms with Gasteiger partial charge in [0, 0.05) is 6.04 Å². The van der Waals surface area contributed by atoms with E-state index in [1.165, 1.54) is 19.3 Å². The predicted molar refractivity (Wildman–Crippen MR) is 68.0 cm³/mol. The van der Waals surface area contributed by atoms with Crippen molar-refractivity contribution in [2.45, 2.75) is 25.3 Å². The topological polar surface area (TPSA) is 26.0 Å². The Balaban J connectivity index is 0.00000112. The summed E-state index contributed by atoms with van der Waals surface area (Å²) in [5.74, 6) is 0.589. The van der Waals surface area contributed by atoms with Crippen molar-refractivity contribution in [1.82, 2.24) is 0 Å². The van der Waals surface area contributed by atoms with E-state index in [1.54, 1.807) is 6.07 Å². The second kappa shape index (κ2) is 5.40. The van der Waals surface area contributed by atoms with Crippen LogP contribution in [0, 0.1) is 5.92 Å². The Morgan fingerprint density at radius 1 is 1.27 bits per heavy atom. The van der Waals surface area contributed by atoms with Gasteiger partial charge in [-0.05, 0) is 30.4 Å². The third kappa shape index (κ3) is 2.59. The number of benzene rings is 1. The third-order valence-electron chi connectivity index (χ3n) is 3.00. The number of halogens is 3. The van der Waals surface area contributed by atoms with Crippen LogP contribution in [0.4, 0.5) is 0 Å². The summed E-state index contributed by atoms with van der Waals surface area (Å²) in [5.41, 5.74) is 7.12. The lowest BCUT2D eigenvalue weighted by atomic mass is 9.77. The Kier molecular flexibility index (Phi) is 4.72. The van der Waals surface area contributed by atoms with E-state index < -0.39 is 0 Å². The maximum atomic E-state index is 6.13. The SMILES string of the molecule is Cl.N[C@@H](c1cccc(Cl)c1Cl)C1CCC1.